The Balaban J connectivity index is 1.91. The van der Waals surface area contributed by atoms with Crippen molar-refractivity contribution < 1.29 is 4.79 Å². The van der Waals surface area contributed by atoms with E-state index in [1.54, 1.807) is 24.2 Å². The fraction of sp³-hybridized carbons (Fsp3) is 0.235. The van der Waals surface area contributed by atoms with Gasteiger partial charge in [-0.3, -0.25) is 4.98 Å². The van der Waals surface area contributed by atoms with Crippen molar-refractivity contribution >= 4 is 23.5 Å². The summed E-state index contributed by atoms with van der Waals surface area (Å²) in [6, 6.07) is 13.2. The van der Waals surface area contributed by atoms with Crippen LogP contribution in [0.5, 0.6) is 0 Å². The molecule has 0 aliphatic carbocycles. The number of pyridine rings is 1. The lowest BCUT2D eigenvalue weighted by atomic mass is 10.3. The van der Waals surface area contributed by atoms with Crippen molar-refractivity contribution in [2.45, 2.75) is 18.4 Å². The number of amides is 2. The number of aromatic nitrogens is 1. The first-order valence-corrected chi connectivity index (χ1v) is 8.23. The van der Waals surface area contributed by atoms with Gasteiger partial charge in [-0.2, -0.15) is 5.26 Å². The lowest BCUT2D eigenvalue weighted by molar-refractivity contribution is 0.251. The monoisotopic (exact) mass is 326 g/mol. The minimum Gasteiger partial charge on any atom is -0.334 e. The van der Waals surface area contributed by atoms with Gasteiger partial charge in [0, 0.05) is 29.6 Å². The summed E-state index contributed by atoms with van der Waals surface area (Å²) in [5.41, 5.74) is 1.68. The van der Waals surface area contributed by atoms with E-state index in [0.717, 1.165) is 16.1 Å². The molecule has 0 spiro atoms. The van der Waals surface area contributed by atoms with E-state index in [0.29, 0.717) is 12.3 Å². The Bertz CT molecular complexity index is 684. The third-order valence-corrected chi connectivity index (χ3v) is 4.35. The molecule has 23 heavy (non-hydrogen) atoms. The zero-order chi connectivity index (χ0) is 16.5. The van der Waals surface area contributed by atoms with E-state index in [4.69, 9.17) is 5.26 Å². The molecule has 5 nitrogen and oxygen atoms in total. The first-order valence-electron chi connectivity index (χ1n) is 7.24. The zero-order valence-electron chi connectivity index (χ0n) is 12.8. The molecule has 0 aliphatic heterocycles. The fourth-order valence-corrected chi connectivity index (χ4v) is 2.75. The van der Waals surface area contributed by atoms with Gasteiger partial charge >= 0.3 is 6.03 Å². The molecule has 1 heterocycles. The van der Waals surface area contributed by atoms with Crippen molar-refractivity contribution in [2.75, 3.05) is 11.1 Å². The molecule has 1 unspecified atom stereocenters. The standard InChI is InChI=1S/C17H18N4OS/c1-13(9-18)12-23-16-7-3-2-6-15(16)21-17(22)20-11-14-5-4-8-19-10-14/h2-8,10,13H,11-12H2,1H3,(H2,20,21,22). The van der Waals surface area contributed by atoms with Gasteiger partial charge < -0.3 is 10.6 Å². The Kier molecular flexibility index (Phi) is 6.45. The number of para-hydroxylation sites is 1. The second-order valence-electron chi connectivity index (χ2n) is 5.01. The third-order valence-electron chi connectivity index (χ3n) is 3.02. The van der Waals surface area contributed by atoms with Crippen molar-refractivity contribution in [3.8, 4) is 6.07 Å². The van der Waals surface area contributed by atoms with Crippen molar-refractivity contribution in [3.63, 3.8) is 0 Å². The molecular weight excluding hydrogens is 308 g/mol. The van der Waals surface area contributed by atoms with Gasteiger partial charge in [-0.25, -0.2) is 4.79 Å². The number of hydrogen-bond acceptors (Lipinski definition) is 4. The smallest absolute Gasteiger partial charge is 0.319 e. The lowest BCUT2D eigenvalue weighted by Gasteiger charge is -2.12. The number of hydrogen-bond donors (Lipinski definition) is 2. The number of nitriles is 1. The van der Waals surface area contributed by atoms with Crippen LogP contribution >= 0.6 is 11.8 Å². The molecule has 0 fully saturated rings. The molecule has 2 aromatic rings. The molecule has 0 saturated carbocycles. The molecule has 2 N–H and O–H groups in total. The van der Waals surface area contributed by atoms with Crippen molar-refractivity contribution in [1.29, 1.82) is 5.26 Å². The molecule has 0 aliphatic rings. The number of thioether (sulfide) groups is 1. The third kappa shape index (κ3) is 5.64. The summed E-state index contributed by atoms with van der Waals surface area (Å²) < 4.78 is 0. The summed E-state index contributed by atoms with van der Waals surface area (Å²) in [4.78, 5) is 17.0. The first kappa shape index (κ1) is 16.8. The van der Waals surface area contributed by atoms with Crippen LogP contribution < -0.4 is 10.6 Å². The van der Waals surface area contributed by atoms with Gasteiger partial charge in [0.2, 0.25) is 0 Å². The maximum Gasteiger partial charge on any atom is 0.319 e. The van der Waals surface area contributed by atoms with Crippen LogP contribution in [-0.4, -0.2) is 16.8 Å². The molecule has 2 rings (SSSR count). The van der Waals surface area contributed by atoms with Crippen molar-refractivity contribution in [2.24, 2.45) is 5.92 Å². The topological polar surface area (TPSA) is 77.8 Å². The normalized spacial score (nSPS) is 11.3. The number of rotatable bonds is 6. The SMILES string of the molecule is CC(C#N)CSc1ccccc1NC(=O)NCc1cccnc1. The van der Waals surface area contributed by atoms with E-state index in [1.807, 2.05) is 43.3 Å². The van der Waals surface area contributed by atoms with E-state index in [9.17, 15) is 4.79 Å². The number of anilines is 1. The van der Waals surface area contributed by atoms with Crippen LogP contribution in [0.15, 0.2) is 53.7 Å². The average molecular weight is 326 g/mol. The van der Waals surface area contributed by atoms with Crippen LogP contribution in [0.3, 0.4) is 0 Å². The van der Waals surface area contributed by atoms with Gasteiger partial charge in [-0.15, -0.1) is 11.8 Å². The first-order chi connectivity index (χ1) is 11.2. The highest BCUT2D eigenvalue weighted by Crippen LogP contribution is 2.28. The van der Waals surface area contributed by atoms with Crippen LogP contribution in [0.25, 0.3) is 0 Å². The molecular formula is C17H18N4OS. The van der Waals surface area contributed by atoms with Crippen LogP contribution in [0.1, 0.15) is 12.5 Å². The van der Waals surface area contributed by atoms with E-state index in [1.165, 1.54) is 0 Å². The van der Waals surface area contributed by atoms with Gasteiger partial charge in [0.1, 0.15) is 0 Å². The molecule has 1 aromatic carbocycles. The van der Waals surface area contributed by atoms with Gasteiger partial charge in [-0.05, 0) is 30.7 Å². The zero-order valence-corrected chi connectivity index (χ0v) is 13.6. The Morgan fingerprint density at radius 1 is 1.35 bits per heavy atom. The van der Waals surface area contributed by atoms with Crippen molar-refractivity contribution in [1.82, 2.24) is 10.3 Å². The minimum atomic E-state index is -0.268. The van der Waals surface area contributed by atoms with E-state index in [-0.39, 0.29) is 11.9 Å². The molecule has 0 radical (unpaired) electrons. The van der Waals surface area contributed by atoms with Crippen LogP contribution in [0.2, 0.25) is 0 Å². The van der Waals surface area contributed by atoms with Crippen LogP contribution in [0, 0.1) is 17.2 Å². The number of carbonyl (C=O) groups is 1. The molecule has 0 saturated heterocycles. The van der Waals surface area contributed by atoms with Crippen LogP contribution in [-0.2, 0) is 6.54 Å². The van der Waals surface area contributed by atoms with Gasteiger partial charge in [0.15, 0.2) is 0 Å². The van der Waals surface area contributed by atoms with E-state index < -0.39 is 0 Å². The summed E-state index contributed by atoms with van der Waals surface area (Å²) in [5, 5.41) is 14.5. The summed E-state index contributed by atoms with van der Waals surface area (Å²) in [5.74, 6) is 0.652. The van der Waals surface area contributed by atoms with Gasteiger partial charge in [-0.1, -0.05) is 18.2 Å². The number of urea groups is 1. The molecule has 0 bridgehead atoms. The number of benzene rings is 1. The van der Waals surface area contributed by atoms with Gasteiger partial charge in [0.05, 0.1) is 17.7 Å². The predicted octanol–water partition coefficient (Wildman–Crippen LogP) is 3.66. The van der Waals surface area contributed by atoms with Crippen molar-refractivity contribution in [3.05, 3.63) is 54.4 Å². The van der Waals surface area contributed by atoms with E-state index >= 15 is 0 Å². The summed E-state index contributed by atoms with van der Waals surface area (Å²) >= 11 is 1.56. The average Bonchev–Trinajstić information content (AvgIpc) is 2.60. The number of carbonyl (C=O) groups excluding carboxylic acids is 1. The van der Waals surface area contributed by atoms with E-state index in [2.05, 4.69) is 21.7 Å². The molecule has 1 atom stereocenters. The maximum absolute atomic E-state index is 12.0. The molecule has 6 heteroatoms. The highest BCUT2D eigenvalue weighted by Gasteiger charge is 2.08. The number of nitrogens with zero attached hydrogens (tertiary/aromatic N) is 2. The highest BCUT2D eigenvalue weighted by atomic mass is 32.2. The second-order valence-corrected chi connectivity index (χ2v) is 6.07. The highest BCUT2D eigenvalue weighted by molar-refractivity contribution is 7.99. The summed E-state index contributed by atoms with van der Waals surface area (Å²) in [6.07, 6.45) is 3.41. The largest absolute Gasteiger partial charge is 0.334 e. The Hall–Kier alpha value is -2.52. The van der Waals surface area contributed by atoms with Crippen LogP contribution in [0.4, 0.5) is 10.5 Å². The molecule has 1 aromatic heterocycles. The van der Waals surface area contributed by atoms with Gasteiger partial charge in [0.25, 0.3) is 0 Å². The second kappa shape index (κ2) is 8.81. The Labute approximate surface area is 140 Å². The summed E-state index contributed by atoms with van der Waals surface area (Å²) in [7, 11) is 0. The fourth-order valence-electron chi connectivity index (χ4n) is 1.80. The lowest BCUT2D eigenvalue weighted by Crippen LogP contribution is -2.28. The Morgan fingerprint density at radius 3 is 2.91 bits per heavy atom. The molecule has 118 valence electrons. The quantitative estimate of drug-likeness (QED) is 0.794. The number of nitrogens with one attached hydrogen (secondary N) is 2. The summed E-state index contributed by atoms with van der Waals surface area (Å²) in [6.45, 7) is 2.30. The molecule has 2 amide bonds. The predicted molar refractivity (Wildman–Crippen MR) is 92.0 cm³/mol. The Morgan fingerprint density at radius 2 is 2.17 bits per heavy atom. The minimum absolute atomic E-state index is 0.0348. The maximum atomic E-state index is 12.0.